The van der Waals surface area contributed by atoms with Gasteiger partial charge in [-0.25, -0.2) is 4.79 Å². The molecule has 2 aromatic rings. The van der Waals surface area contributed by atoms with Crippen molar-refractivity contribution in [2.24, 2.45) is 0 Å². The molecule has 2 aromatic carbocycles. The Morgan fingerprint density at radius 2 is 1.73 bits per heavy atom. The largest absolute Gasteiger partial charge is 0.497 e. The topological polar surface area (TPSA) is 81.7 Å². The van der Waals surface area contributed by atoms with Crippen LogP contribution < -0.4 is 10.1 Å². The van der Waals surface area contributed by atoms with E-state index in [1.807, 2.05) is 0 Å². The van der Waals surface area contributed by atoms with Crippen LogP contribution in [-0.2, 0) is 14.3 Å². The number of benzene rings is 2. The van der Waals surface area contributed by atoms with Gasteiger partial charge in [0, 0.05) is 11.6 Å². The number of nitrogens with one attached hydrogen (secondary N) is 1. The van der Waals surface area contributed by atoms with Crippen molar-refractivity contribution in [3.63, 3.8) is 0 Å². The van der Waals surface area contributed by atoms with Crippen molar-refractivity contribution in [1.82, 2.24) is 0 Å². The van der Waals surface area contributed by atoms with Crippen LogP contribution in [0.15, 0.2) is 54.6 Å². The fourth-order valence-corrected chi connectivity index (χ4v) is 2.15. The van der Waals surface area contributed by atoms with E-state index in [1.54, 1.807) is 61.7 Å². The number of Topliss-reactive ketones (excluding diaryl/α,β-unsaturated/α-hetero) is 1. The van der Waals surface area contributed by atoms with Gasteiger partial charge in [0.15, 0.2) is 12.4 Å². The van der Waals surface area contributed by atoms with Crippen LogP contribution in [-0.4, -0.2) is 31.4 Å². The summed E-state index contributed by atoms with van der Waals surface area (Å²) in [7, 11) is 1.57. The Kier molecular flexibility index (Phi) is 6.68. The maximum absolute atomic E-state index is 11.9. The molecule has 0 radical (unpaired) electrons. The summed E-state index contributed by atoms with van der Waals surface area (Å²) < 4.78 is 9.95. The van der Waals surface area contributed by atoms with Crippen molar-refractivity contribution >= 4 is 29.4 Å². The van der Waals surface area contributed by atoms with Crippen LogP contribution in [0, 0.1) is 0 Å². The zero-order valence-electron chi connectivity index (χ0n) is 14.5. The van der Waals surface area contributed by atoms with E-state index in [2.05, 4.69) is 5.32 Å². The van der Waals surface area contributed by atoms with Crippen LogP contribution in [0.2, 0.25) is 0 Å². The van der Waals surface area contributed by atoms with E-state index in [1.165, 1.54) is 13.0 Å². The number of rotatable bonds is 7. The average molecular weight is 353 g/mol. The van der Waals surface area contributed by atoms with E-state index >= 15 is 0 Å². The number of carbonyl (C=O) groups is 3. The lowest BCUT2D eigenvalue weighted by Crippen LogP contribution is -2.21. The van der Waals surface area contributed by atoms with E-state index in [-0.39, 0.29) is 5.78 Å². The number of esters is 1. The van der Waals surface area contributed by atoms with Crippen molar-refractivity contribution in [3.05, 3.63) is 65.7 Å². The molecular formula is C20H19NO5. The number of amides is 1. The second-order valence-electron chi connectivity index (χ2n) is 5.36. The summed E-state index contributed by atoms with van der Waals surface area (Å²) in [5.41, 5.74) is 1.57. The zero-order valence-corrected chi connectivity index (χ0v) is 14.5. The van der Waals surface area contributed by atoms with Crippen LogP contribution in [0.3, 0.4) is 0 Å². The molecule has 1 amide bonds. The molecule has 0 aliphatic rings. The highest BCUT2D eigenvalue weighted by Crippen LogP contribution is 2.15. The monoisotopic (exact) mass is 353 g/mol. The molecule has 6 nitrogen and oxygen atoms in total. The van der Waals surface area contributed by atoms with Gasteiger partial charge in [0.1, 0.15) is 5.75 Å². The molecule has 0 aliphatic carbocycles. The molecular weight excluding hydrogens is 334 g/mol. The normalized spacial score (nSPS) is 10.4. The van der Waals surface area contributed by atoms with Crippen LogP contribution in [0.4, 0.5) is 5.69 Å². The predicted octanol–water partition coefficient (Wildman–Crippen LogP) is 3.09. The Labute approximate surface area is 151 Å². The standard InChI is InChI=1S/C20H19NO5/c1-14(22)17-5-3-4-6-18(17)21-19(23)13-26-20(24)12-9-15-7-10-16(25-2)11-8-15/h3-12H,13H2,1-2H3,(H,21,23)/b12-9+. The Bertz CT molecular complexity index is 824. The molecule has 0 aliphatic heterocycles. The third kappa shape index (κ3) is 5.59. The first-order valence-electron chi connectivity index (χ1n) is 7.88. The summed E-state index contributed by atoms with van der Waals surface area (Å²) in [6.45, 7) is 0.965. The predicted molar refractivity (Wildman–Crippen MR) is 98.1 cm³/mol. The molecule has 0 heterocycles. The maximum Gasteiger partial charge on any atom is 0.331 e. The molecule has 0 bridgehead atoms. The van der Waals surface area contributed by atoms with E-state index in [4.69, 9.17) is 9.47 Å². The van der Waals surface area contributed by atoms with Crippen molar-refractivity contribution in [2.75, 3.05) is 19.0 Å². The van der Waals surface area contributed by atoms with Gasteiger partial charge >= 0.3 is 5.97 Å². The van der Waals surface area contributed by atoms with Gasteiger partial charge in [0.05, 0.1) is 12.8 Å². The molecule has 0 aromatic heterocycles. The van der Waals surface area contributed by atoms with Gasteiger partial charge in [-0.1, -0.05) is 24.3 Å². The van der Waals surface area contributed by atoms with Crippen LogP contribution in [0.1, 0.15) is 22.8 Å². The maximum atomic E-state index is 11.9. The zero-order chi connectivity index (χ0) is 18.9. The first kappa shape index (κ1) is 18.9. The van der Waals surface area contributed by atoms with Crippen LogP contribution in [0.25, 0.3) is 6.08 Å². The number of anilines is 1. The highest BCUT2D eigenvalue weighted by Gasteiger charge is 2.10. The van der Waals surface area contributed by atoms with Crippen molar-refractivity contribution < 1.29 is 23.9 Å². The summed E-state index contributed by atoms with van der Waals surface area (Å²) in [4.78, 5) is 35.1. The minimum atomic E-state index is -0.643. The molecule has 134 valence electrons. The summed E-state index contributed by atoms with van der Waals surface area (Å²) in [5.74, 6) is -0.617. The molecule has 0 spiro atoms. The molecule has 0 saturated carbocycles. The minimum absolute atomic E-state index is 0.166. The van der Waals surface area contributed by atoms with Crippen LogP contribution >= 0.6 is 0 Å². The van der Waals surface area contributed by atoms with Gasteiger partial charge in [0.2, 0.25) is 0 Å². The summed E-state index contributed by atoms with van der Waals surface area (Å²) >= 11 is 0. The Hall–Kier alpha value is -3.41. The first-order chi connectivity index (χ1) is 12.5. The smallest absolute Gasteiger partial charge is 0.331 e. The third-order valence-corrected chi connectivity index (χ3v) is 3.45. The van der Waals surface area contributed by atoms with E-state index < -0.39 is 18.5 Å². The summed E-state index contributed by atoms with van der Waals surface area (Å²) in [6.07, 6.45) is 2.81. The Morgan fingerprint density at radius 3 is 2.38 bits per heavy atom. The molecule has 1 N–H and O–H groups in total. The van der Waals surface area contributed by atoms with Crippen molar-refractivity contribution in [3.8, 4) is 5.75 Å². The number of para-hydroxylation sites is 1. The molecule has 0 fully saturated rings. The van der Waals surface area contributed by atoms with Gasteiger partial charge in [-0.15, -0.1) is 0 Å². The van der Waals surface area contributed by atoms with Crippen LogP contribution in [0.5, 0.6) is 5.75 Å². The number of ketones is 1. The van der Waals surface area contributed by atoms with Gasteiger partial charge < -0.3 is 14.8 Å². The van der Waals surface area contributed by atoms with Gasteiger partial charge in [0.25, 0.3) is 5.91 Å². The van der Waals surface area contributed by atoms with Gasteiger partial charge in [-0.05, 0) is 42.8 Å². The fraction of sp³-hybridized carbons (Fsp3) is 0.150. The van der Waals surface area contributed by atoms with Crippen molar-refractivity contribution in [1.29, 1.82) is 0 Å². The lowest BCUT2D eigenvalue weighted by atomic mass is 10.1. The molecule has 0 atom stereocenters. The minimum Gasteiger partial charge on any atom is -0.497 e. The van der Waals surface area contributed by atoms with Gasteiger partial charge in [-0.3, -0.25) is 9.59 Å². The second kappa shape index (κ2) is 9.17. The lowest BCUT2D eigenvalue weighted by Gasteiger charge is -2.08. The van der Waals surface area contributed by atoms with E-state index in [0.29, 0.717) is 17.0 Å². The molecule has 0 saturated heterocycles. The highest BCUT2D eigenvalue weighted by atomic mass is 16.5. The number of ether oxygens (including phenoxy) is 2. The number of hydrogen-bond acceptors (Lipinski definition) is 5. The fourth-order valence-electron chi connectivity index (χ4n) is 2.15. The number of hydrogen-bond donors (Lipinski definition) is 1. The van der Waals surface area contributed by atoms with Crippen molar-refractivity contribution in [2.45, 2.75) is 6.92 Å². The lowest BCUT2D eigenvalue weighted by molar-refractivity contribution is -0.142. The molecule has 2 rings (SSSR count). The van der Waals surface area contributed by atoms with E-state index in [0.717, 1.165) is 5.56 Å². The second-order valence-corrected chi connectivity index (χ2v) is 5.36. The van der Waals surface area contributed by atoms with E-state index in [9.17, 15) is 14.4 Å². The quantitative estimate of drug-likeness (QED) is 0.470. The Balaban J connectivity index is 1.86. The SMILES string of the molecule is COc1ccc(/C=C/C(=O)OCC(=O)Nc2ccccc2C(C)=O)cc1. The first-order valence-corrected chi connectivity index (χ1v) is 7.88. The summed E-state index contributed by atoms with van der Waals surface area (Å²) in [6, 6.07) is 13.7. The number of carbonyl (C=O) groups excluding carboxylic acids is 3. The molecule has 26 heavy (non-hydrogen) atoms. The number of methoxy groups -OCH3 is 1. The van der Waals surface area contributed by atoms with Gasteiger partial charge in [-0.2, -0.15) is 0 Å². The third-order valence-electron chi connectivity index (χ3n) is 3.45. The highest BCUT2D eigenvalue weighted by molar-refractivity contribution is 6.04. The summed E-state index contributed by atoms with van der Waals surface area (Å²) in [5, 5.41) is 2.56. The average Bonchev–Trinajstić information content (AvgIpc) is 2.65. The molecule has 0 unspecified atom stereocenters. The molecule has 6 heteroatoms. The Morgan fingerprint density at radius 1 is 1.04 bits per heavy atom.